The first kappa shape index (κ1) is 14.5. The van der Waals surface area contributed by atoms with Crippen molar-refractivity contribution in [3.8, 4) is 22.5 Å². The van der Waals surface area contributed by atoms with Gasteiger partial charge in [-0.1, -0.05) is 60.7 Å². The van der Waals surface area contributed by atoms with Crippen LogP contribution in [0, 0.1) is 10.5 Å². The van der Waals surface area contributed by atoms with Crippen molar-refractivity contribution in [1.29, 1.82) is 0 Å². The van der Waals surface area contributed by atoms with Gasteiger partial charge in [0, 0.05) is 20.1 Å². The van der Waals surface area contributed by atoms with Crippen LogP contribution in [0.3, 0.4) is 0 Å². The maximum Gasteiger partial charge on any atom is 0.143 e. The summed E-state index contributed by atoms with van der Waals surface area (Å²) in [4.78, 5) is 0. The minimum Gasteiger partial charge on any atom is -0.455 e. The van der Waals surface area contributed by atoms with Gasteiger partial charge in [-0.05, 0) is 52.8 Å². The summed E-state index contributed by atoms with van der Waals surface area (Å²) in [6.07, 6.45) is 0. The van der Waals surface area contributed by atoms with Gasteiger partial charge in [0.1, 0.15) is 11.3 Å². The Bertz CT molecular complexity index is 969. The Hall–Kier alpha value is -2.07. The smallest absolute Gasteiger partial charge is 0.143 e. The lowest BCUT2D eigenvalue weighted by Crippen LogP contribution is -1.82. The van der Waals surface area contributed by atoms with Crippen LogP contribution in [0.2, 0.25) is 0 Å². The third kappa shape index (κ3) is 2.57. The summed E-state index contributed by atoms with van der Waals surface area (Å²) in [7, 11) is 0. The summed E-state index contributed by atoms with van der Waals surface area (Å²) in [6, 6.07) is 25.2. The molecule has 0 bridgehead atoms. The normalized spacial score (nSPS) is 11.0. The molecule has 0 spiro atoms. The largest absolute Gasteiger partial charge is 0.455 e. The zero-order valence-corrected chi connectivity index (χ0v) is 14.9. The number of fused-ring (bicyclic) bond motifs is 1. The molecule has 0 atom stereocenters. The maximum absolute atomic E-state index is 6.27. The third-order valence-corrected chi connectivity index (χ3v) is 5.23. The van der Waals surface area contributed by atoms with Gasteiger partial charge in [-0.2, -0.15) is 0 Å². The molecule has 0 aliphatic heterocycles. The second-order valence-electron chi connectivity index (χ2n) is 5.64. The van der Waals surface area contributed by atoms with Gasteiger partial charge in [-0.25, -0.2) is 0 Å². The van der Waals surface area contributed by atoms with E-state index in [2.05, 4.69) is 78.0 Å². The molecule has 4 rings (SSSR count). The number of furan rings is 1. The van der Waals surface area contributed by atoms with E-state index in [4.69, 9.17) is 4.42 Å². The number of hydrogen-bond acceptors (Lipinski definition) is 1. The first-order valence-electron chi connectivity index (χ1n) is 7.57. The van der Waals surface area contributed by atoms with Gasteiger partial charge in [-0.3, -0.25) is 0 Å². The quantitative estimate of drug-likeness (QED) is 0.336. The van der Waals surface area contributed by atoms with Crippen LogP contribution >= 0.6 is 22.6 Å². The van der Waals surface area contributed by atoms with Gasteiger partial charge in [0.25, 0.3) is 0 Å². The van der Waals surface area contributed by atoms with E-state index in [1.54, 1.807) is 0 Å². The van der Waals surface area contributed by atoms with Crippen LogP contribution in [0.1, 0.15) is 5.56 Å². The first-order chi connectivity index (χ1) is 11.2. The molecule has 0 fully saturated rings. The Morgan fingerprint density at radius 1 is 0.783 bits per heavy atom. The van der Waals surface area contributed by atoms with E-state index in [9.17, 15) is 0 Å². The number of benzene rings is 3. The molecule has 2 heteroatoms. The molecule has 0 saturated carbocycles. The molecule has 1 nitrogen and oxygen atoms in total. The maximum atomic E-state index is 6.27. The Labute approximate surface area is 149 Å². The van der Waals surface area contributed by atoms with Gasteiger partial charge in [0.2, 0.25) is 0 Å². The van der Waals surface area contributed by atoms with E-state index < -0.39 is 0 Å². The summed E-state index contributed by atoms with van der Waals surface area (Å²) >= 11 is 2.36. The van der Waals surface area contributed by atoms with Crippen molar-refractivity contribution in [2.24, 2.45) is 0 Å². The van der Waals surface area contributed by atoms with Crippen LogP contribution in [-0.4, -0.2) is 0 Å². The lowest BCUT2D eigenvalue weighted by atomic mass is 9.98. The van der Waals surface area contributed by atoms with Gasteiger partial charge in [0.05, 0.1) is 0 Å². The minimum atomic E-state index is 0.938. The van der Waals surface area contributed by atoms with E-state index in [1.165, 1.54) is 25.6 Å². The van der Waals surface area contributed by atoms with Crippen molar-refractivity contribution in [3.63, 3.8) is 0 Å². The Morgan fingerprint density at radius 2 is 1.39 bits per heavy atom. The molecule has 1 aromatic heterocycles. The van der Waals surface area contributed by atoms with Crippen LogP contribution < -0.4 is 0 Å². The van der Waals surface area contributed by atoms with Crippen molar-refractivity contribution < 1.29 is 4.42 Å². The second kappa shape index (κ2) is 5.85. The highest BCUT2D eigenvalue weighted by Crippen LogP contribution is 2.41. The van der Waals surface area contributed by atoms with Gasteiger partial charge >= 0.3 is 0 Å². The standard InChI is InChI=1S/C21H15IO/c1-14-12-17-19(13-18(14)22)23-21(16-10-6-3-7-11-16)20(17)15-8-4-2-5-9-15/h2-13H,1H3. The SMILES string of the molecule is Cc1cc2c(-c3ccccc3)c(-c3ccccc3)oc2cc1I. The fraction of sp³-hybridized carbons (Fsp3) is 0.0476. The van der Waals surface area contributed by atoms with Crippen LogP contribution in [0.15, 0.2) is 77.2 Å². The predicted octanol–water partition coefficient (Wildman–Crippen LogP) is 6.68. The highest BCUT2D eigenvalue weighted by molar-refractivity contribution is 14.1. The lowest BCUT2D eigenvalue weighted by molar-refractivity contribution is 0.632. The van der Waals surface area contributed by atoms with Gasteiger partial charge in [0.15, 0.2) is 0 Å². The highest BCUT2D eigenvalue weighted by Gasteiger charge is 2.18. The fourth-order valence-corrected chi connectivity index (χ4v) is 3.35. The molecule has 1 heterocycles. The molecule has 4 aromatic rings. The topological polar surface area (TPSA) is 13.1 Å². The summed E-state index contributed by atoms with van der Waals surface area (Å²) in [6.45, 7) is 2.14. The molecule has 0 N–H and O–H groups in total. The highest BCUT2D eigenvalue weighted by atomic mass is 127. The third-order valence-electron chi connectivity index (χ3n) is 4.07. The average molecular weight is 410 g/mol. The summed E-state index contributed by atoms with van der Waals surface area (Å²) in [5.41, 5.74) is 5.68. The Balaban J connectivity index is 2.09. The minimum absolute atomic E-state index is 0.938. The zero-order valence-electron chi connectivity index (χ0n) is 12.7. The number of aryl methyl sites for hydroxylation is 1. The van der Waals surface area contributed by atoms with Crippen LogP contribution in [0.25, 0.3) is 33.4 Å². The monoisotopic (exact) mass is 410 g/mol. The Morgan fingerprint density at radius 3 is 2.04 bits per heavy atom. The fourth-order valence-electron chi connectivity index (χ4n) is 2.91. The molecule has 0 aliphatic carbocycles. The van der Waals surface area contributed by atoms with Crippen LogP contribution in [0.5, 0.6) is 0 Å². The molecule has 0 amide bonds. The molecular formula is C21H15IO. The Kier molecular flexibility index (Phi) is 3.69. The summed E-state index contributed by atoms with van der Waals surface area (Å²) < 4.78 is 7.50. The number of rotatable bonds is 2. The number of hydrogen-bond donors (Lipinski definition) is 0. The molecule has 0 unspecified atom stereocenters. The lowest BCUT2D eigenvalue weighted by Gasteiger charge is -2.04. The van der Waals surface area contributed by atoms with E-state index in [1.807, 2.05) is 24.3 Å². The van der Waals surface area contributed by atoms with E-state index in [0.717, 1.165) is 16.9 Å². The van der Waals surface area contributed by atoms with Crippen molar-refractivity contribution in [2.45, 2.75) is 6.92 Å². The average Bonchev–Trinajstić information content (AvgIpc) is 2.95. The summed E-state index contributed by atoms with van der Waals surface area (Å²) in [5.74, 6) is 0.938. The van der Waals surface area contributed by atoms with E-state index >= 15 is 0 Å². The van der Waals surface area contributed by atoms with E-state index in [-0.39, 0.29) is 0 Å². The first-order valence-corrected chi connectivity index (χ1v) is 8.65. The molecule has 0 aliphatic rings. The van der Waals surface area contributed by atoms with Gasteiger partial charge < -0.3 is 4.42 Å². The summed E-state index contributed by atoms with van der Waals surface area (Å²) in [5, 5.41) is 1.17. The van der Waals surface area contributed by atoms with Crippen molar-refractivity contribution >= 4 is 33.6 Å². The predicted molar refractivity (Wildman–Crippen MR) is 105 cm³/mol. The molecule has 23 heavy (non-hydrogen) atoms. The van der Waals surface area contributed by atoms with Gasteiger partial charge in [-0.15, -0.1) is 0 Å². The molecule has 3 aromatic carbocycles. The molecule has 0 radical (unpaired) electrons. The molecule has 112 valence electrons. The van der Waals surface area contributed by atoms with Crippen molar-refractivity contribution in [1.82, 2.24) is 0 Å². The van der Waals surface area contributed by atoms with Crippen molar-refractivity contribution in [3.05, 3.63) is 81.9 Å². The van der Waals surface area contributed by atoms with E-state index in [0.29, 0.717) is 0 Å². The van der Waals surface area contributed by atoms with Crippen LogP contribution in [0.4, 0.5) is 0 Å². The number of halogens is 1. The molecule has 0 saturated heterocycles. The molecular weight excluding hydrogens is 395 g/mol. The van der Waals surface area contributed by atoms with Crippen molar-refractivity contribution in [2.75, 3.05) is 0 Å². The zero-order chi connectivity index (χ0) is 15.8. The van der Waals surface area contributed by atoms with Crippen LogP contribution in [-0.2, 0) is 0 Å². The second-order valence-corrected chi connectivity index (χ2v) is 6.80.